The van der Waals surface area contributed by atoms with Gasteiger partial charge < -0.3 is 4.74 Å². The summed E-state index contributed by atoms with van der Waals surface area (Å²) in [6.07, 6.45) is 1.56. The van der Waals surface area contributed by atoms with Crippen LogP contribution < -0.4 is 0 Å². The number of rotatable bonds is 1. The molecule has 0 aliphatic heterocycles. The molecule has 1 aliphatic rings. The highest BCUT2D eigenvalue weighted by Crippen LogP contribution is 2.24. The van der Waals surface area contributed by atoms with Gasteiger partial charge >= 0.3 is 5.97 Å². The van der Waals surface area contributed by atoms with Gasteiger partial charge in [-0.15, -0.1) is 0 Å². The second-order valence-electron chi connectivity index (χ2n) is 4.51. The van der Waals surface area contributed by atoms with E-state index >= 15 is 0 Å². The highest BCUT2D eigenvalue weighted by Gasteiger charge is 2.31. The first-order chi connectivity index (χ1) is 5.88. The molecule has 1 aliphatic carbocycles. The summed E-state index contributed by atoms with van der Waals surface area (Å²) in [5, 5.41) is 0. The third-order valence-corrected chi connectivity index (χ3v) is 1.99. The minimum absolute atomic E-state index is 0.177. The average molecular weight is 184 g/mol. The third kappa shape index (κ3) is 3.17. The number of hydrogen-bond acceptors (Lipinski definition) is 3. The molecule has 1 unspecified atom stereocenters. The number of Topliss-reactive ketones (excluding diaryl/α,β-unsaturated/α-hetero) is 1. The molecular weight excluding hydrogens is 168 g/mol. The minimum atomic E-state index is -0.442. The molecule has 0 spiro atoms. The van der Waals surface area contributed by atoms with E-state index in [1.165, 1.54) is 0 Å². The van der Waals surface area contributed by atoms with E-state index in [1.54, 1.807) is 0 Å². The Kier molecular flexibility index (Phi) is 2.74. The third-order valence-electron chi connectivity index (χ3n) is 1.99. The van der Waals surface area contributed by atoms with Crippen molar-refractivity contribution in [3.05, 3.63) is 0 Å². The van der Waals surface area contributed by atoms with Gasteiger partial charge in [-0.3, -0.25) is 9.59 Å². The molecule has 13 heavy (non-hydrogen) atoms. The van der Waals surface area contributed by atoms with Gasteiger partial charge in [-0.25, -0.2) is 0 Å². The number of ether oxygens (including phenoxy) is 1. The molecule has 0 aromatic rings. The van der Waals surface area contributed by atoms with Crippen molar-refractivity contribution in [1.29, 1.82) is 0 Å². The minimum Gasteiger partial charge on any atom is -0.460 e. The van der Waals surface area contributed by atoms with Crippen LogP contribution in [0.1, 0.15) is 40.0 Å². The molecule has 0 heterocycles. The van der Waals surface area contributed by atoms with Crippen LogP contribution in [0, 0.1) is 5.92 Å². The van der Waals surface area contributed by atoms with Crippen LogP contribution in [0.25, 0.3) is 0 Å². The molecule has 0 radical (unpaired) electrons. The molecule has 1 saturated carbocycles. The maximum absolute atomic E-state index is 11.4. The predicted octanol–water partition coefficient (Wildman–Crippen LogP) is 1.70. The fourth-order valence-corrected chi connectivity index (χ4v) is 1.40. The van der Waals surface area contributed by atoms with Crippen LogP contribution in [0.2, 0.25) is 0 Å². The molecule has 3 nitrogen and oxygen atoms in total. The van der Waals surface area contributed by atoms with Gasteiger partial charge in [0.25, 0.3) is 0 Å². The molecule has 0 aromatic carbocycles. The van der Waals surface area contributed by atoms with Gasteiger partial charge in [-0.05, 0) is 27.2 Å². The predicted molar refractivity (Wildman–Crippen MR) is 48.2 cm³/mol. The van der Waals surface area contributed by atoms with Gasteiger partial charge in [0, 0.05) is 12.8 Å². The fourth-order valence-electron chi connectivity index (χ4n) is 1.40. The van der Waals surface area contributed by atoms with Crippen LogP contribution in [0.15, 0.2) is 0 Å². The standard InChI is InChI=1S/C10H16O3/c1-10(2,3)13-9(12)7-4-5-8(11)6-7/h7H,4-6H2,1-3H3. The topological polar surface area (TPSA) is 43.4 Å². The summed E-state index contributed by atoms with van der Waals surface area (Å²) in [5.74, 6) is -0.235. The molecule has 3 heteroatoms. The van der Waals surface area contributed by atoms with E-state index in [9.17, 15) is 9.59 Å². The number of ketones is 1. The first-order valence-corrected chi connectivity index (χ1v) is 4.63. The van der Waals surface area contributed by atoms with Crippen LogP contribution in [0.4, 0.5) is 0 Å². The first kappa shape index (κ1) is 10.2. The Morgan fingerprint density at radius 1 is 1.46 bits per heavy atom. The average Bonchev–Trinajstić information content (AvgIpc) is 2.31. The molecule has 0 bridgehead atoms. The van der Waals surface area contributed by atoms with Crippen molar-refractivity contribution in [2.75, 3.05) is 0 Å². The summed E-state index contributed by atoms with van der Waals surface area (Å²) in [6.45, 7) is 5.50. The Hall–Kier alpha value is -0.860. The molecule has 1 rings (SSSR count). The van der Waals surface area contributed by atoms with E-state index in [0.717, 1.165) is 0 Å². The number of carbonyl (C=O) groups excluding carboxylic acids is 2. The molecule has 0 amide bonds. The quantitative estimate of drug-likeness (QED) is 0.582. The summed E-state index contributed by atoms with van der Waals surface area (Å²) in [5.41, 5.74) is -0.442. The largest absolute Gasteiger partial charge is 0.460 e. The highest BCUT2D eigenvalue weighted by molar-refractivity contribution is 5.87. The Morgan fingerprint density at radius 2 is 2.08 bits per heavy atom. The lowest BCUT2D eigenvalue weighted by Gasteiger charge is -2.21. The Labute approximate surface area is 78.5 Å². The second kappa shape index (κ2) is 3.48. The zero-order valence-electron chi connectivity index (χ0n) is 8.42. The Balaban J connectivity index is 2.45. The summed E-state index contributed by atoms with van der Waals surface area (Å²) in [6, 6.07) is 0. The van der Waals surface area contributed by atoms with E-state index in [0.29, 0.717) is 19.3 Å². The maximum Gasteiger partial charge on any atom is 0.309 e. The van der Waals surface area contributed by atoms with Crippen LogP contribution in [-0.4, -0.2) is 17.4 Å². The van der Waals surface area contributed by atoms with Crippen LogP contribution in [0.5, 0.6) is 0 Å². The smallest absolute Gasteiger partial charge is 0.309 e. The summed E-state index contributed by atoms with van der Waals surface area (Å²) < 4.78 is 5.18. The van der Waals surface area contributed by atoms with E-state index in [4.69, 9.17) is 4.74 Å². The fraction of sp³-hybridized carbons (Fsp3) is 0.800. The molecule has 1 fully saturated rings. The van der Waals surface area contributed by atoms with Crippen molar-refractivity contribution < 1.29 is 14.3 Å². The van der Waals surface area contributed by atoms with Crippen molar-refractivity contribution in [1.82, 2.24) is 0 Å². The summed E-state index contributed by atoms with van der Waals surface area (Å²) in [7, 11) is 0. The van der Waals surface area contributed by atoms with Gasteiger partial charge in [0.15, 0.2) is 0 Å². The molecule has 0 aromatic heterocycles. The van der Waals surface area contributed by atoms with Gasteiger partial charge in [0.2, 0.25) is 0 Å². The Bertz CT molecular complexity index is 225. The molecule has 1 atom stereocenters. The number of esters is 1. The molecule has 0 N–H and O–H groups in total. The number of carbonyl (C=O) groups is 2. The molecule has 0 saturated heterocycles. The van der Waals surface area contributed by atoms with Crippen molar-refractivity contribution in [3.63, 3.8) is 0 Å². The monoisotopic (exact) mass is 184 g/mol. The van der Waals surface area contributed by atoms with Gasteiger partial charge in [-0.2, -0.15) is 0 Å². The molecule has 74 valence electrons. The maximum atomic E-state index is 11.4. The van der Waals surface area contributed by atoms with Crippen molar-refractivity contribution in [2.24, 2.45) is 5.92 Å². The van der Waals surface area contributed by atoms with Gasteiger partial charge in [0.1, 0.15) is 11.4 Å². The lowest BCUT2D eigenvalue weighted by molar-refractivity contribution is -0.160. The summed E-state index contributed by atoms with van der Waals surface area (Å²) >= 11 is 0. The van der Waals surface area contributed by atoms with Crippen molar-refractivity contribution in [3.8, 4) is 0 Å². The normalized spacial score (nSPS) is 23.3. The lowest BCUT2D eigenvalue weighted by atomic mass is 10.1. The zero-order valence-corrected chi connectivity index (χ0v) is 8.42. The van der Waals surface area contributed by atoms with E-state index in [2.05, 4.69) is 0 Å². The zero-order chi connectivity index (χ0) is 10.1. The van der Waals surface area contributed by atoms with Crippen LogP contribution >= 0.6 is 0 Å². The first-order valence-electron chi connectivity index (χ1n) is 4.63. The lowest BCUT2D eigenvalue weighted by Crippen LogP contribution is -2.27. The molecular formula is C10H16O3. The highest BCUT2D eigenvalue weighted by atomic mass is 16.6. The van der Waals surface area contributed by atoms with E-state index in [1.807, 2.05) is 20.8 Å². The van der Waals surface area contributed by atoms with Crippen LogP contribution in [0.3, 0.4) is 0 Å². The summed E-state index contributed by atoms with van der Waals surface area (Å²) in [4.78, 5) is 22.3. The second-order valence-corrected chi connectivity index (χ2v) is 4.51. The van der Waals surface area contributed by atoms with Crippen LogP contribution in [-0.2, 0) is 14.3 Å². The number of hydrogen-bond donors (Lipinski definition) is 0. The van der Waals surface area contributed by atoms with Gasteiger partial charge in [-0.1, -0.05) is 0 Å². The Morgan fingerprint density at radius 3 is 2.46 bits per heavy atom. The SMILES string of the molecule is CC(C)(C)OC(=O)C1CCC(=O)C1. The van der Waals surface area contributed by atoms with Crippen molar-refractivity contribution in [2.45, 2.75) is 45.6 Å². The van der Waals surface area contributed by atoms with E-state index < -0.39 is 5.60 Å². The van der Waals surface area contributed by atoms with Gasteiger partial charge in [0.05, 0.1) is 5.92 Å². The van der Waals surface area contributed by atoms with E-state index in [-0.39, 0.29) is 17.7 Å². The van der Waals surface area contributed by atoms with Crippen molar-refractivity contribution >= 4 is 11.8 Å².